The number of nitrogens with one attached hydrogen (secondary N) is 2. The Hall–Kier alpha value is -1.26. The minimum absolute atomic E-state index is 0.00130. The van der Waals surface area contributed by atoms with E-state index in [1.54, 1.807) is 0 Å². The summed E-state index contributed by atoms with van der Waals surface area (Å²) in [6.45, 7) is 7.69. The number of carbonyl (C=O) groups excluding carboxylic acids is 1. The van der Waals surface area contributed by atoms with Crippen molar-refractivity contribution in [1.29, 1.82) is 0 Å². The number of rotatable bonds is 6. The van der Waals surface area contributed by atoms with Crippen LogP contribution in [0.5, 0.6) is 0 Å². The van der Waals surface area contributed by atoms with E-state index < -0.39 is 11.9 Å². The smallest absolute Gasteiger partial charge is 0.315 e. The number of carbonyl (C=O) groups is 2. The fourth-order valence-electron chi connectivity index (χ4n) is 1.19. The fraction of sp³-hybridized carbons (Fsp3) is 0.818. The maximum atomic E-state index is 11.3. The molecule has 2 amide bonds. The molecule has 3 N–H and O–H groups in total. The number of aliphatic carboxylic acids is 1. The molecular formula is C11H22N2O3. The van der Waals surface area contributed by atoms with Crippen LogP contribution in [-0.4, -0.2) is 29.7 Å². The van der Waals surface area contributed by atoms with Crippen LogP contribution < -0.4 is 10.6 Å². The van der Waals surface area contributed by atoms with Crippen molar-refractivity contribution in [1.82, 2.24) is 10.6 Å². The first kappa shape index (κ1) is 14.7. The first-order valence-corrected chi connectivity index (χ1v) is 5.65. The van der Waals surface area contributed by atoms with E-state index in [-0.39, 0.29) is 24.5 Å². The molecule has 0 aromatic carbocycles. The summed E-state index contributed by atoms with van der Waals surface area (Å²) >= 11 is 0. The third kappa shape index (κ3) is 5.58. The van der Waals surface area contributed by atoms with Crippen molar-refractivity contribution < 1.29 is 14.7 Å². The molecule has 0 aliphatic heterocycles. The van der Waals surface area contributed by atoms with Crippen molar-refractivity contribution in [3.05, 3.63) is 0 Å². The van der Waals surface area contributed by atoms with Gasteiger partial charge in [-0.15, -0.1) is 0 Å². The number of carboxylic acid groups (broad SMARTS) is 1. The van der Waals surface area contributed by atoms with Crippen molar-refractivity contribution in [2.45, 2.75) is 40.2 Å². The Morgan fingerprint density at radius 2 is 1.81 bits per heavy atom. The van der Waals surface area contributed by atoms with E-state index in [9.17, 15) is 9.59 Å². The first-order chi connectivity index (χ1) is 7.38. The van der Waals surface area contributed by atoms with E-state index >= 15 is 0 Å². The molecule has 0 rings (SSSR count). The zero-order chi connectivity index (χ0) is 12.7. The van der Waals surface area contributed by atoms with Gasteiger partial charge in [0.05, 0.1) is 5.92 Å². The van der Waals surface area contributed by atoms with Crippen molar-refractivity contribution in [2.75, 3.05) is 6.54 Å². The summed E-state index contributed by atoms with van der Waals surface area (Å²) < 4.78 is 0. The topological polar surface area (TPSA) is 78.4 Å². The number of amides is 2. The zero-order valence-electron chi connectivity index (χ0n) is 10.4. The van der Waals surface area contributed by atoms with Gasteiger partial charge in [0.1, 0.15) is 0 Å². The molecule has 0 heterocycles. The third-order valence-electron chi connectivity index (χ3n) is 2.59. The largest absolute Gasteiger partial charge is 0.481 e. The SMILES string of the molecule is CCC(C)NC(=O)NCC(C(=O)O)C(C)C. The van der Waals surface area contributed by atoms with Gasteiger partial charge in [0, 0.05) is 12.6 Å². The lowest BCUT2D eigenvalue weighted by Crippen LogP contribution is -2.44. The number of carboxylic acids is 1. The van der Waals surface area contributed by atoms with Crippen LogP contribution in [0.3, 0.4) is 0 Å². The maximum Gasteiger partial charge on any atom is 0.315 e. The van der Waals surface area contributed by atoms with Gasteiger partial charge in [0.25, 0.3) is 0 Å². The standard InChI is InChI=1S/C11H22N2O3/c1-5-8(4)13-11(16)12-6-9(7(2)3)10(14)15/h7-9H,5-6H2,1-4H3,(H,14,15)(H2,12,13,16). The fourth-order valence-corrected chi connectivity index (χ4v) is 1.19. The predicted molar refractivity (Wildman–Crippen MR) is 62.3 cm³/mol. The second-order valence-corrected chi connectivity index (χ2v) is 4.35. The molecule has 0 fully saturated rings. The quantitative estimate of drug-likeness (QED) is 0.646. The van der Waals surface area contributed by atoms with Crippen LogP contribution in [0.25, 0.3) is 0 Å². The summed E-state index contributed by atoms with van der Waals surface area (Å²) in [4.78, 5) is 22.2. The predicted octanol–water partition coefficient (Wildman–Crippen LogP) is 1.44. The Bertz CT molecular complexity index is 241. The van der Waals surface area contributed by atoms with Gasteiger partial charge in [0.15, 0.2) is 0 Å². The van der Waals surface area contributed by atoms with Gasteiger partial charge in [-0.2, -0.15) is 0 Å². The zero-order valence-corrected chi connectivity index (χ0v) is 10.4. The first-order valence-electron chi connectivity index (χ1n) is 5.65. The lowest BCUT2D eigenvalue weighted by molar-refractivity contribution is -0.142. The van der Waals surface area contributed by atoms with Gasteiger partial charge in [-0.3, -0.25) is 4.79 Å². The molecule has 0 saturated heterocycles. The molecule has 2 unspecified atom stereocenters. The van der Waals surface area contributed by atoms with Crippen molar-refractivity contribution in [3.8, 4) is 0 Å². The number of urea groups is 1. The maximum absolute atomic E-state index is 11.3. The van der Waals surface area contributed by atoms with Crippen LogP contribution in [0.15, 0.2) is 0 Å². The van der Waals surface area contributed by atoms with E-state index in [4.69, 9.17) is 5.11 Å². The van der Waals surface area contributed by atoms with E-state index in [2.05, 4.69) is 10.6 Å². The summed E-state index contributed by atoms with van der Waals surface area (Å²) in [6, 6.07) is -0.205. The van der Waals surface area contributed by atoms with Crippen molar-refractivity contribution in [2.24, 2.45) is 11.8 Å². The summed E-state index contributed by atoms with van der Waals surface area (Å²) in [7, 11) is 0. The Labute approximate surface area is 96.6 Å². The van der Waals surface area contributed by atoms with Gasteiger partial charge in [-0.1, -0.05) is 20.8 Å². The Balaban J connectivity index is 4.02. The highest BCUT2D eigenvalue weighted by Crippen LogP contribution is 2.09. The highest BCUT2D eigenvalue weighted by atomic mass is 16.4. The summed E-state index contributed by atoms with van der Waals surface area (Å²) in [6.07, 6.45) is 0.847. The van der Waals surface area contributed by atoms with Crippen LogP contribution in [0.2, 0.25) is 0 Å². The molecule has 0 aliphatic carbocycles. The van der Waals surface area contributed by atoms with Gasteiger partial charge in [0.2, 0.25) is 0 Å². The average Bonchev–Trinajstić information content (AvgIpc) is 2.16. The van der Waals surface area contributed by atoms with E-state index in [1.165, 1.54) is 0 Å². The second kappa shape index (κ2) is 7.09. The minimum Gasteiger partial charge on any atom is -0.481 e. The third-order valence-corrected chi connectivity index (χ3v) is 2.59. The lowest BCUT2D eigenvalue weighted by Gasteiger charge is -2.18. The molecule has 0 bridgehead atoms. The Morgan fingerprint density at radius 1 is 1.25 bits per heavy atom. The van der Waals surface area contributed by atoms with Crippen LogP contribution >= 0.6 is 0 Å². The summed E-state index contributed by atoms with van der Waals surface area (Å²) in [5, 5.41) is 14.2. The molecule has 5 nitrogen and oxygen atoms in total. The van der Waals surface area contributed by atoms with Gasteiger partial charge >= 0.3 is 12.0 Å². The molecule has 2 atom stereocenters. The Kier molecular flexibility index (Phi) is 6.53. The van der Waals surface area contributed by atoms with E-state index in [1.807, 2.05) is 27.7 Å². The molecule has 0 aromatic rings. The Morgan fingerprint density at radius 3 is 2.19 bits per heavy atom. The lowest BCUT2D eigenvalue weighted by atomic mass is 9.96. The molecule has 0 aliphatic rings. The minimum atomic E-state index is -0.876. The van der Waals surface area contributed by atoms with Crippen LogP contribution in [-0.2, 0) is 4.79 Å². The van der Waals surface area contributed by atoms with Gasteiger partial charge < -0.3 is 15.7 Å². The molecule has 5 heteroatoms. The molecule has 16 heavy (non-hydrogen) atoms. The van der Waals surface area contributed by atoms with Gasteiger partial charge in [-0.05, 0) is 19.3 Å². The summed E-state index contributed by atoms with van der Waals surface area (Å²) in [5.41, 5.74) is 0. The van der Waals surface area contributed by atoms with Gasteiger partial charge in [-0.25, -0.2) is 4.79 Å². The monoisotopic (exact) mass is 230 g/mol. The molecule has 0 spiro atoms. The normalized spacial score (nSPS) is 14.3. The van der Waals surface area contributed by atoms with Crippen LogP contribution in [0.4, 0.5) is 4.79 Å². The number of hydrogen-bond donors (Lipinski definition) is 3. The molecule has 0 aromatic heterocycles. The van der Waals surface area contributed by atoms with Crippen molar-refractivity contribution in [3.63, 3.8) is 0 Å². The second-order valence-electron chi connectivity index (χ2n) is 4.35. The van der Waals surface area contributed by atoms with Crippen LogP contribution in [0.1, 0.15) is 34.1 Å². The van der Waals surface area contributed by atoms with Crippen LogP contribution in [0, 0.1) is 11.8 Å². The number of hydrogen-bond acceptors (Lipinski definition) is 2. The molecular weight excluding hydrogens is 208 g/mol. The van der Waals surface area contributed by atoms with Crippen molar-refractivity contribution >= 4 is 12.0 Å². The highest BCUT2D eigenvalue weighted by Gasteiger charge is 2.21. The summed E-state index contributed by atoms with van der Waals surface area (Å²) in [5.74, 6) is -1.41. The highest BCUT2D eigenvalue weighted by molar-refractivity contribution is 5.76. The molecule has 0 radical (unpaired) electrons. The van der Waals surface area contributed by atoms with E-state index in [0.29, 0.717) is 0 Å². The van der Waals surface area contributed by atoms with E-state index in [0.717, 1.165) is 6.42 Å². The molecule has 0 saturated carbocycles. The average molecular weight is 230 g/mol. The molecule has 94 valence electrons.